The van der Waals surface area contributed by atoms with E-state index in [-0.39, 0.29) is 0 Å². The minimum atomic E-state index is -4.63. The van der Waals surface area contributed by atoms with Gasteiger partial charge in [0.1, 0.15) is 5.82 Å². The molecule has 0 aliphatic heterocycles. The van der Waals surface area contributed by atoms with Gasteiger partial charge >= 0.3 is 6.18 Å². The van der Waals surface area contributed by atoms with Gasteiger partial charge in [-0.3, -0.25) is 0 Å². The maximum Gasteiger partial charge on any atom is 0.419 e. The third-order valence-corrected chi connectivity index (χ3v) is 3.93. The smallest absolute Gasteiger partial charge is 0.314 e. The highest BCUT2D eigenvalue weighted by Gasteiger charge is 2.34. The van der Waals surface area contributed by atoms with Crippen LogP contribution in [-0.4, -0.2) is 12.6 Å². The second kappa shape index (κ2) is 6.77. The molecule has 1 aromatic rings. The monoisotopic (exact) mass is 303 g/mol. The Kier molecular flexibility index (Phi) is 5.25. The Bertz CT molecular complexity index is 466. The van der Waals surface area contributed by atoms with Gasteiger partial charge in [0.25, 0.3) is 0 Å². The fourth-order valence-corrected chi connectivity index (χ4v) is 2.60. The molecule has 1 nitrogen and oxygen atoms in total. The quantitative estimate of drug-likeness (QED) is 0.728. The van der Waals surface area contributed by atoms with Crippen molar-refractivity contribution in [1.82, 2.24) is 5.32 Å². The number of aryl methyl sites for hydroxylation is 1. The molecule has 1 fully saturated rings. The Morgan fingerprint density at radius 1 is 1.29 bits per heavy atom. The summed E-state index contributed by atoms with van der Waals surface area (Å²) in [5, 5.41) is 3.46. The molecule has 1 N–H and O–H groups in total. The van der Waals surface area contributed by atoms with Crippen LogP contribution in [0, 0.1) is 11.7 Å². The molecule has 1 aliphatic carbocycles. The predicted molar refractivity (Wildman–Crippen MR) is 74.5 cm³/mol. The van der Waals surface area contributed by atoms with Gasteiger partial charge in [-0.25, -0.2) is 4.39 Å². The van der Waals surface area contributed by atoms with E-state index in [1.165, 1.54) is 18.9 Å². The first-order chi connectivity index (χ1) is 9.91. The topological polar surface area (TPSA) is 12.0 Å². The number of rotatable bonds is 7. The van der Waals surface area contributed by atoms with Crippen LogP contribution in [0.25, 0.3) is 0 Å². The maximum atomic E-state index is 13.2. The normalized spacial score (nSPS) is 17.0. The fourth-order valence-electron chi connectivity index (χ4n) is 2.60. The summed E-state index contributed by atoms with van der Waals surface area (Å²) in [5.41, 5.74) is -0.614. The van der Waals surface area contributed by atoms with E-state index in [4.69, 9.17) is 0 Å². The second-order valence-corrected chi connectivity index (χ2v) is 5.75. The molecule has 0 saturated heterocycles. The minimum Gasteiger partial charge on any atom is -0.314 e. The molecular weight excluding hydrogens is 282 g/mol. The average Bonchev–Trinajstić information content (AvgIpc) is 3.23. The largest absolute Gasteiger partial charge is 0.419 e. The number of nitrogens with one attached hydrogen (secondary N) is 1. The fraction of sp³-hybridized carbons (Fsp3) is 0.625. The Morgan fingerprint density at radius 3 is 2.57 bits per heavy atom. The van der Waals surface area contributed by atoms with E-state index in [0.29, 0.717) is 23.9 Å². The molecule has 2 rings (SSSR count). The van der Waals surface area contributed by atoms with Crippen LogP contribution in [0.5, 0.6) is 0 Å². The van der Waals surface area contributed by atoms with Crippen LogP contribution in [0.1, 0.15) is 43.7 Å². The van der Waals surface area contributed by atoms with Crippen molar-refractivity contribution in [1.29, 1.82) is 0 Å². The third kappa shape index (κ3) is 4.70. The molecule has 118 valence electrons. The minimum absolute atomic E-state index is 0.365. The Labute approximate surface area is 122 Å². The lowest BCUT2D eigenvalue weighted by Gasteiger charge is -2.18. The lowest BCUT2D eigenvalue weighted by molar-refractivity contribution is -0.140. The van der Waals surface area contributed by atoms with Crippen LogP contribution in [0.4, 0.5) is 17.6 Å². The van der Waals surface area contributed by atoms with Gasteiger partial charge in [-0.1, -0.05) is 13.0 Å². The summed E-state index contributed by atoms with van der Waals surface area (Å²) < 4.78 is 51.3. The van der Waals surface area contributed by atoms with Crippen molar-refractivity contribution in [2.75, 3.05) is 6.54 Å². The van der Waals surface area contributed by atoms with Crippen LogP contribution in [-0.2, 0) is 12.6 Å². The summed E-state index contributed by atoms with van der Waals surface area (Å²) >= 11 is 0. The van der Waals surface area contributed by atoms with Crippen molar-refractivity contribution in [2.24, 2.45) is 5.92 Å². The van der Waals surface area contributed by atoms with Gasteiger partial charge in [-0.05, 0) is 62.3 Å². The molecule has 0 radical (unpaired) electrons. The maximum absolute atomic E-state index is 13.2. The van der Waals surface area contributed by atoms with Gasteiger partial charge in [-0.15, -0.1) is 0 Å². The molecule has 1 aliphatic rings. The van der Waals surface area contributed by atoms with Gasteiger partial charge in [0.2, 0.25) is 0 Å². The van der Waals surface area contributed by atoms with Crippen molar-refractivity contribution in [3.63, 3.8) is 0 Å². The van der Waals surface area contributed by atoms with Crippen LogP contribution < -0.4 is 5.32 Å². The number of benzene rings is 1. The SMILES string of the molecule is CCCNC(CCc1ccc(F)c(C(F)(F)F)c1)C1CC1. The summed E-state index contributed by atoms with van der Waals surface area (Å²) in [6.07, 6.45) is 0.139. The lowest BCUT2D eigenvalue weighted by atomic mass is 10.00. The Hall–Kier alpha value is -1.10. The first kappa shape index (κ1) is 16.3. The highest BCUT2D eigenvalue weighted by Crippen LogP contribution is 2.35. The molecule has 0 aromatic heterocycles. The standard InChI is InChI=1S/C16H21F4N/c1-2-9-21-15(12-5-6-12)8-4-11-3-7-14(17)13(10-11)16(18,19)20/h3,7,10,12,15,21H,2,4-6,8-9H2,1H3. The van der Waals surface area contributed by atoms with E-state index in [2.05, 4.69) is 12.2 Å². The average molecular weight is 303 g/mol. The summed E-state index contributed by atoms with van der Waals surface area (Å²) in [7, 11) is 0. The molecule has 1 atom stereocenters. The molecule has 21 heavy (non-hydrogen) atoms. The number of hydrogen-bond donors (Lipinski definition) is 1. The van der Waals surface area contributed by atoms with Gasteiger partial charge in [-0.2, -0.15) is 13.2 Å². The predicted octanol–water partition coefficient (Wildman–Crippen LogP) is 4.56. The van der Waals surface area contributed by atoms with E-state index >= 15 is 0 Å². The first-order valence-corrected chi connectivity index (χ1v) is 7.50. The van der Waals surface area contributed by atoms with Crippen molar-refractivity contribution >= 4 is 0 Å². The van der Waals surface area contributed by atoms with Crippen LogP contribution in [0.2, 0.25) is 0 Å². The molecular formula is C16H21F4N. The van der Waals surface area contributed by atoms with Crippen molar-refractivity contribution in [3.05, 3.63) is 35.1 Å². The molecule has 5 heteroatoms. The van der Waals surface area contributed by atoms with E-state index in [1.54, 1.807) is 0 Å². The lowest BCUT2D eigenvalue weighted by Crippen LogP contribution is -2.32. The van der Waals surface area contributed by atoms with Crippen molar-refractivity contribution < 1.29 is 17.6 Å². The van der Waals surface area contributed by atoms with E-state index in [0.717, 1.165) is 31.5 Å². The summed E-state index contributed by atoms with van der Waals surface area (Å²) in [6, 6.07) is 3.68. The molecule has 1 saturated carbocycles. The van der Waals surface area contributed by atoms with E-state index in [1.807, 2.05) is 0 Å². The highest BCUT2D eigenvalue weighted by atomic mass is 19.4. The van der Waals surface area contributed by atoms with Crippen LogP contribution in [0.3, 0.4) is 0 Å². The molecule has 1 unspecified atom stereocenters. The van der Waals surface area contributed by atoms with E-state index < -0.39 is 17.6 Å². The van der Waals surface area contributed by atoms with Gasteiger partial charge < -0.3 is 5.32 Å². The van der Waals surface area contributed by atoms with Crippen LogP contribution in [0.15, 0.2) is 18.2 Å². The molecule has 0 spiro atoms. The number of alkyl halides is 3. The summed E-state index contributed by atoms with van der Waals surface area (Å²) in [4.78, 5) is 0. The van der Waals surface area contributed by atoms with E-state index in [9.17, 15) is 17.6 Å². The zero-order valence-electron chi connectivity index (χ0n) is 12.1. The molecule has 0 heterocycles. The third-order valence-electron chi connectivity index (χ3n) is 3.93. The Balaban J connectivity index is 1.99. The first-order valence-electron chi connectivity index (χ1n) is 7.50. The number of hydrogen-bond acceptors (Lipinski definition) is 1. The highest BCUT2D eigenvalue weighted by molar-refractivity contribution is 5.27. The zero-order valence-corrected chi connectivity index (χ0v) is 12.1. The van der Waals surface area contributed by atoms with Gasteiger partial charge in [0.15, 0.2) is 0 Å². The molecule has 0 amide bonds. The summed E-state index contributed by atoms with van der Waals surface area (Å²) in [6.45, 7) is 3.02. The Morgan fingerprint density at radius 2 is 2.00 bits per heavy atom. The molecule has 1 aromatic carbocycles. The van der Waals surface area contributed by atoms with Gasteiger partial charge in [0.05, 0.1) is 5.56 Å². The van der Waals surface area contributed by atoms with Crippen molar-refractivity contribution in [2.45, 2.75) is 51.2 Å². The second-order valence-electron chi connectivity index (χ2n) is 5.75. The number of halogens is 4. The summed E-state index contributed by atoms with van der Waals surface area (Å²) in [5.74, 6) is -0.548. The van der Waals surface area contributed by atoms with Gasteiger partial charge in [0, 0.05) is 6.04 Å². The zero-order chi connectivity index (χ0) is 15.5. The van der Waals surface area contributed by atoms with Crippen LogP contribution >= 0.6 is 0 Å². The molecule has 0 bridgehead atoms. The van der Waals surface area contributed by atoms with Crippen molar-refractivity contribution in [3.8, 4) is 0 Å².